The molecule has 0 aromatic heterocycles. The normalized spacial score (nSPS) is 19.2. The topological polar surface area (TPSA) is 101 Å². The molecule has 8 heteroatoms. The highest BCUT2D eigenvalue weighted by Gasteiger charge is 2.46. The molecule has 4 rings (SSSR count). The Morgan fingerprint density at radius 1 is 0.923 bits per heavy atom. The SMILES string of the molecule is Cc1c(F)cccc1C1[C@@H](C(=O)c2cccc(O)c2)CN(C(CO)CN(C)C)C[C@@H]1C(=O)c1cccc(O)c1. The lowest BCUT2D eigenvalue weighted by Crippen LogP contribution is -2.56. The molecule has 3 atom stereocenters. The third-order valence-electron chi connectivity index (χ3n) is 7.64. The van der Waals surface area contributed by atoms with E-state index < -0.39 is 23.6 Å². The second-order valence-corrected chi connectivity index (χ2v) is 10.6. The van der Waals surface area contributed by atoms with Crippen LogP contribution in [0.5, 0.6) is 11.5 Å². The van der Waals surface area contributed by atoms with Gasteiger partial charge >= 0.3 is 0 Å². The van der Waals surface area contributed by atoms with Crippen molar-refractivity contribution >= 4 is 11.6 Å². The third kappa shape index (κ3) is 6.19. The molecule has 39 heavy (non-hydrogen) atoms. The molecule has 1 unspecified atom stereocenters. The van der Waals surface area contributed by atoms with Gasteiger partial charge in [0, 0.05) is 54.6 Å². The van der Waals surface area contributed by atoms with Crippen molar-refractivity contribution in [2.45, 2.75) is 18.9 Å². The summed E-state index contributed by atoms with van der Waals surface area (Å²) in [4.78, 5) is 32.1. The number of rotatable bonds is 9. The summed E-state index contributed by atoms with van der Waals surface area (Å²) in [6.07, 6.45) is 0. The largest absolute Gasteiger partial charge is 0.508 e. The van der Waals surface area contributed by atoms with Crippen LogP contribution < -0.4 is 0 Å². The number of nitrogens with zero attached hydrogens (tertiary/aromatic N) is 2. The van der Waals surface area contributed by atoms with Crippen LogP contribution in [-0.4, -0.2) is 83.1 Å². The first-order chi connectivity index (χ1) is 18.6. The van der Waals surface area contributed by atoms with E-state index in [-0.39, 0.29) is 59.9 Å². The number of Topliss-reactive ketones (excluding diaryl/α,β-unsaturated/α-hetero) is 2. The molecule has 206 valence electrons. The summed E-state index contributed by atoms with van der Waals surface area (Å²) >= 11 is 0. The fraction of sp³-hybridized carbons (Fsp3) is 0.355. The number of likely N-dealkylation sites (tertiary alicyclic amines) is 1. The second kappa shape index (κ2) is 12.1. The number of benzene rings is 3. The fourth-order valence-electron chi connectivity index (χ4n) is 5.75. The first-order valence-corrected chi connectivity index (χ1v) is 13.0. The molecule has 1 aliphatic rings. The number of hydrogen-bond acceptors (Lipinski definition) is 7. The van der Waals surface area contributed by atoms with Crippen LogP contribution in [0.4, 0.5) is 4.39 Å². The van der Waals surface area contributed by atoms with Gasteiger partial charge in [-0.3, -0.25) is 14.5 Å². The molecule has 3 aromatic carbocycles. The van der Waals surface area contributed by atoms with E-state index >= 15 is 0 Å². The summed E-state index contributed by atoms with van der Waals surface area (Å²) in [5, 5.41) is 30.5. The minimum absolute atomic E-state index is 0.0553. The van der Waals surface area contributed by atoms with Gasteiger partial charge in [0.1, 0.15) is 17.3 Å². The summed E-state index contributed by atoms with van der Waals surface area (Å²) in [5.74, 6) is -3.32. The number of ketones is 2. The Morgan fingerprint density at radius 3 is 1.90 bits per heavy atom. The minimum atomic E-state index is -0.775. The monoisotopic (exact) mass is 534 g/mol. The third-order valence-corrected chi connectivity index (χ3v) is 7.64. The van der Waals surface area contributed by atoms with Crippen LogP contribution in [0, 0.1) is 24.6 Å². The number of phenolic OH excluding ortho intramolecular Hbond substituents is 2. The Morgan fingerprint density at radius 2 is 1.44 bits per heavy atom. The highest BCUT2D eigenvalue weighted by molar-refractivity contribution is 6.02. The Balaban J connectivity index is 1.89. The van der Waals surface area contributed by atoms with Crippen LogP contribution in [0.3, 0.4) is 0 Å². The lowest BCUT2D eigenvalue weighted by Gasteiger charge is -2.46. The number of aromatic hydroxyl groups is 2. The van der Waals surface area contributed by atoms with Gasteiger partial charge in [0.15, 0.2) is 11.6 Å². The van der Waals surface area contributed by atoms with Crippen molar-refractivity contribution in [1.82, 2.24) is 9.80 Å². The first-order valence-electron chi connectivity index (χ1n) is 13.0. The quantitative estimate of drug-likeness (QED) is 0.359. The number of aliphatic hydroxyl groups is 1. The standard InChI is InChI=1S/C31H35FN2O5/c1-19-25(11-6-12-28(19)32)29-26(30(38)20-7-4-9-23(36)13-20)16-34(22(18-35)15-33(2)3)17-27(29)31(39)21-8-5-10-24(37)14-21/h4-14,22,26-27,29,35-37H,15-18H2,1-3H3/t22?,26-,27-/m0/s1. The average Bonchev–Trinajstić information content (AvgIpc) is 2.91. The van der Waals surface area contributed by atoms with E-state index in [2.05, 4.69) is 0 Å². The van der Waals surface area contributed by atoms with Gasteiger partial charge in [-0.25, -0.2) is 4.39 Å². The van der Waals surface area contributed by atoms with E-state index in [0.29, 0.717) is 17.7 Å². The number of hydrogen-bond donors (Lipinski definition) is 3. The summed E-state index contributed by atoms with van der Waals surface area (Å²) < 4.78 is 14.9. The number of likely N-dealkylation sites (N-methyl/N-ethyl adjacent to an activating group) is 1. The van der Waals surface area contributed by atoms with Crippen molar-refractivity contribution in [3.8, 4) is 11.5 Å². The maximum atomic E-state index is 14.9. The molecule has 0 amide bonds. The Hall–Kier alpha value is -3.59. The molecule has 1 fully saturated rings. The van der Waals surface area contributed by atoms with Crippen LogP contribution in [0.25, 0.3) is 0 Å². The van der Waals surface area contributed by atoms with Crippen molar-refractivity contribution in [2.75, 3.05) is 40.3 Å². The molecule has 3 N–H and O–H groups in total. The smallest absolute Gasteiger partial charge is 0.167 e. The minimum Gasteiger partial charge on any atom is -0.508 e. The van der Waals surface area contributed by atoms with Crippen molar-refractivity contribution in [3.63, 3.8) is 0 Å². The summed E-state index contributed by atoms with van der Waals surface area (Å²) in [7, 11) is 3.77. The Bertz CT molecular complexity index is 1280. The average molecular weight is 535 g/mol. The summed E-state index contributed by atoms with van der Waals surface area (Å²) in [5.41, 5.74) is 1.51. The molecule has 0 saturated carbocycles. The van der Waals surface area contributed by atoms with Gasteiger partial charge in [-0.2, -0.15) is 0 Å². The highest BCUT2D eigenvalue weighted by atomic mass is 19.1. The van der Waals surface area contributed by atoms with Gasteiger partial charge in [-0.05, 0) is 62.5 Å². The van der Waals surface area contributed by atoms with Crippen molar-refractivity contribution < 1.29 is 29.3 Å². The molecule has 1 aliphatic heterocycles. The van der Waals surface area contributed by atoms with Gasteiger partial charge in [0.2, 0.25) is 0 Å². The lowest BCUT2D eigenvalue weighted by atomic mass is 9.67. The van der Waals surface area contributed by atoms with Gasteiger partial charge in [-0.1, -0.05) is 36.4 Å². The molecule has 0 radical (unpaired) electrons. The van der Waals surface area contributed by atoms with E-state index in [1.807, 2.05) is 23.9 Å². The predicted molar refractivity (Wildman–Crippen MR) is 147 cm³/mol. The molecule has 0 bridgehead atoms. The van der Waals surface area contributed by atoms with E-state index in [1.54, 1.807) is 43.3 Å². The number of carbonyl (C=O) groups is 2. The van der Waals surface area contributed by atoms with E-state index in [1.165, 1.54) is 30.3 Å². The van der Waals surface area contributed by atoms with Crippen LogP contribution in [0.2, 0.25) is 0 Å². The van der Waals surface area contributed by atoms with Gasteiger partial charge in [-0.15, -0.1) is 0 Å². The number of halogens is 1. The molecule has 7 nitrogen and oxygen atoms in total. The zero-order valence-corrected chi connectivity index (χ0v) is 22.4. The zero-order chi connectivity index (χ0) is 28.3. The fourth-order valence-corrected chi connectivity index (χ4v) is 5.75. The van der Waals surface area contributed by atoms with E-state index in [4.69, 9.17) is 0 Å². The highest BCUT2D eigenvalue weighted by Crippen LogP contribution is 2.43. The van der Waals surface area contributed by atoms with E-state index in [9.17, 15) is 29.3 Å². The van der Waals surface area contributed by atoms with Gasteiger partial charge in [0.05, 0.1) is 6.61 Å². The number of phenols is 2. The molecular formula is C31H35FN2O5. The first kappa shape index (κ1) is 28.4. The Kier molecular flexibility index (Phi) is 8.80. The lowest BCUT2D eigenvalue weighted by molar-refractivity contribution is 0.0262. The molecule has 0 spiro atoms. The predicted octanol–water partition coefficient (Wildman–Crippen LogP) is 3.87. The number of carbonyl (C=O) groups excluding carboxylic acids is 2. The van der Waals surface area contributed by atoms with Crippen LogP contribution in [-0.2, 0) is 0 Å². The second-order valence-electron chi connectivity index (χ2n) is 10.6. The molecule has 1 heterocycles. The van der Waals surface area contributed by atoms with Crippen LogP contribution in [0.1, 0.15) is 37.8 Å². The van der Waals surface area contributed by atoms with Crippen molar-refractivity contribution in [2.24, 2.45) is 11.8 Å². The zero-order valence-electron chi connectivity index (χ0n) is 22.4. The maximum Gasteiger partial charge on any atom is 0.167 e. The van der Waals surface area contributed by atoms with Gasteiger partial charge in [0.25, 0.3) is 0 Å². The Labute approximate surface area is 228 Å². The molecular weight excluding hydrogens is 499 g/mol. The molecule has 1 saturated heterocycles. The number of piperidine rings is 1. The van der Waals surface area contributed by atoms with Gasteiger partial charge < -0.3 is 20.2 Å². The molecule has 0 aliphatic carbocycles. The summed E-state index contributed by atoms with van der Waals surface area (Å²) in [6, 6.07) is 16.5. The summed E-state index contributed by atoms with van der Waals surface area (Å²) in [6.45, 7) is 2.43. The van der Waals surface area contributed by atoms with E-state index in [0.717, 1.165) is 0 Å². The number of aliphatic hydroxyl groups excluding tert-OH is 1. The van der Waals surface area contributed by atoms with Crippen molar-refractivity contribution in [1.29, 1.82) is 0 Å². The van der Waals surface area contributed by atoms with Crippen LogP contribution >= 0.6 is 0 Å². The molecule has 3 aromatic rings. The van der Waals surface area contributed by atoms with Crippen molar-refractivity contribution in [3.05, 3.63) is 94.8 Å². The maximum absolute atomic E-state index is 14.9. The van der Waals surface area contributed by atoms with Crippen LogP contribution in [0.15, 0.2) is 66.7 Å².